The number of imidazole rings is 1. The van der Waals surface area contributed by atoms with Crippen LogP contribution in [0.4, 0.5) is 0 Å². The third kappa shape index (κ3) is 2.85. The lowest BCUT2D eigenvalue weighted by Gasteiger charge is -2.28. The van der Waals surface area contributed by atoms with Crippen LogP contribution >= 0.6 is 0 Å². The van der Waals surface area contributed by atoms with Gasteiger partial charge in [0.15, 0.2) is 0 Å². The molecule has 90 valence electrons. The van der Waals surface area contributed by atoms with Crippen LogP contribution in [-0.4, -0.2) is 16.1 Å². The van der Waals surface area contributed by atoms with Crippen molar-refractivity contribution in [3.63, 3.8) is 0 Å². The Morgan fingerprint density at radius 1 is 1.44 bits per heavy atom. The Bertz CT molecular complexity index is 319. The van der Waals surface area contributed by atoms with E-state index in [0.29, 0.717) is 0 Å². The molecule has 0 saturated heterocycles. The largest absolute Gasteiger partial charge is 0.337 e. The summed E-state index contributed by atoms with van der Waals surface area (Å²) in [6.07, 6.45) is 9.51. The zero-order valence-electron chi connectivity index (χ0n) is 10.4. The maximum absolute atomic E-state index is 4.32. The molecule has 0 aliphatic heterocycles. The van der Waals surface area contributed by atoms with Crippen LogP contribution in [-0.2, 0) is 13.6 Å². The zero-order valence-corrected chi connectivity index (χ0v) is 10.4. The minimum atomic E-state index is 0.869. The van der Waals surface area contributed by atoms with Gasteiger partial charge in [-0.25, -0.2) is 4.98 Å². The summed E-state index contributed by atoms with van der Waals surface area (Å²) >= 11 is 0. The minimum absolute atomic E-state index is 0.869. The Morgan fingerprint density at radius 3 is 2.94 bits per heavy atom. The molecular weight excluding hydrogens is 198 g/mol. The summed E-state index contributed by atoms with van der Waals surface area (Å²) in [6.45, 7) is 4.44. The molecule has 1 heterocycles. The van der Waals surface area contributed by atoms with E-state index in [-0.39, 0.29) is 0 Å². The van der Waals surface area contributed by atoms with Gasteiger partial charge in [-0.1, -0.05) is 26.2 Å². The SMILES string of the molecule is CC1CCCCC1CNCc1nccn1C. The van der Waals surface area contributed by atoms with Crippen LogP contribution in [0.1, 0.15) is 38.4 Å². The normalized spacial score (nSPS) is 25.9. The van der Waals surface area contributed by atoms with E-state index < -0.39 is 0 Å². The average molecular weight is 221 g/mol. The molecule has 0 radical (unpaired) electrons. The van der Waals surface area contributed by atoms with Crippen LogP contribution < -0.4 is 5.32 Å². The number of aromatic nitrogens is 2. The first kappa shape index (κ1) is 11.6. The van der Waals surface area contributed by atoms with Gasteiger partial charge in [0.1, 0.15) is 5.82 Å². The molecule has 0 amide bonds. The summed E-state index contributed by atoms with van der Waals surface area (Å²) in [6, 6.07) is 0. The molecule has 1 aromatic rings. The monoisotopic (exact) mass is 221 g/mol. The maximum Gasteiger partial charge on any atom is 0.122 e. The predicted molar refractivity (Wildman–Crippen MR) is 66.0 cm³/mol. The first-order valence-corrected chi connectivity index (χ1v) is 6.44. The van der Waals surface area contributed by atoms with E-state index in [1.165, 1.54) is 25.7 Å². The molecule has 1 saturated carbocycles. The summed E-state index contributed by atoms with van der Waals surface area (Å²) in [5.41, 5.74) is 0. The van der Waals surface area contributed by atoms with Crippen LogP contribution in [0.2, 0.25) is 0 Å². The zero-order chi connectivity index (χ0) is 11.4. The van der Waals surface area contributed by atoms with Gasteiger partial charge in [0.05, 0.1) is 6.54 Å². The van der Waals surface area contributed by atoms with Crippen molar-refractivity contribution in [2.45, 2.75) is 39.2 Å². The fraction of sp³-hybridized carbons (Fsp3) is 0.769. The summed E-state index contributed by atoms with van der Waals surface area (Å²) in [4.78, 5) is 4.32. The van der Waals surface area contributed by atoms with Crippen molar-refractivity contribution in [2.24, 2.45) is 18.9 Å². The summed E-state index contributed by atoms with van der Waals surface area (Å²) in [5, 5.41) is 3.55. The molecule has 0 spiro atoms. The van der Waals surface area contributed by atoms with Gasteiger partial charge in [-0.15, -0.1) is 0 Å². The second-order valence-electron chi connectivity index (χ2n) is 5.11. The number of rotatable bonds is 4. The number of nitrogens with zero attached hydrogens (tertiary/aromatic N) is 2. The molecule has 1 aliphatic carbocycles. The standard InChI is InChI=1S/C13H23N3/c1-11-5-3-4-6-12(11)9-14-10-13-15-7-8-16(13)2/h7-8,11-12,14H,3-6,9-10H2,1-2H3. The Morgan fingerprint density at radius 2 is 2.25 bits per heavy atom. The summed E-state index contributed by atoms with van der Waals surface area (Å²) in [5.74, 6) is 2.89. The van der Waals surface area contributed by atoms with Crippen molar-refractivity contribution in [3.05, 3.63) is 18.2 Å². The number of hydrogen-bond donors (Lipinski definition) is 1. The predicted octanol–water partition coefficient (Wildman–Crippen LogP) is 2.34. The molecule has 0 bridgehead atoms. The lowest BCUT2D eigenvalue weighted by Crippen LogP contribution is -2.29. The van der Waals surface area contributed by atoms with E-state index in [1.54, 1.807) is 0 Å². The molecule has 2 unspecified atom stereocenters. The van der Waals surface area contributed by atoms with Gasteiger partial charge in [0, 0.05) is 19.4 Å². The van der Waals surface area contributed by atoms with Gasteiger partial charge in [-0.2, -0.15) is 0 Å². The lowest BCUT2D eigenvalue weighted by molar-refractivity contribution is 0.247. The molecule has 1 aromatic heterocycles. The Labute approximate surface area is 98.3 Å². The van der Waals surface area contributed by atoms with E-state index in [0.717, 1.165) is 30.7 Å². The van der Waals surface area contributed by atoms with Crippen molar-refractivity contribution < 1.29 is 0 Å². The highest BCUT2D eigenvalue weighted by Gasteiger charge is 2.20. The molecule has 1 N–H and O–H groups in total. The third-order valence-electron chi connectivity index (χ3n) is 3.90. The van der Waals surface area contributed by atoms with Crippen molar-refractivity contribution in [3.8, 4) is 0 Å². The van der Waals surface area contributed by atoms with E-state index in [4.69, 9.17) is 0 Å². The van der Waals surface area contributed by atoms with Crippen molar-refractivity contribution >= 4 is 0 Å². The highest BCUT2D eigenvalue weighted by molar-refractivity contribution is 4.90. The molecule has 1 aliphatic rings. The first-order chi connectivity index (χ1) is 7.77. The molecule has 3 nitrogen and oxygen atoms in total. The van der Waals surface area contributed by atoms with E-state index >= 15 is 0 Å². The highest BCUT2D eigenvalue weighted by atomic mass is 15.1. The van der Waals surface area contributed by atoms with Crippen molar-refractivity contribution in [1.82, 2.24) is 14.9 Å². The Hall–Kier alpha value is -0.830. The van der Waals surface area contributed by atoms with E-state index in [1.807, 2.05) is 19.4 Å². The fourth-order valence-corrected chi connectivity index (χ4v) is 2.63. The molecular formula is C13H23N3. The topological polar surface area (TPSA) is 29.9 Å². The third-order valence-corrected chi connectivity index (χ3v) is 3.90. The highest BCUT2D eigenvalue weighted by Crippen LogP contribution is 2.28. The van der Waals surface area contributed by atoms with Gasteiger partial charge < -0.3 is 9.88 Å². The molecule has 2 rings (SSSR count). The van der Waals surface area contributed by atoms with E-state index in [9.17, 15) is 0 Å². The van der Waals surface area contributed by atoms with Gasteiger partial charge in [-0.05, 0) is 24.8 Å². The Kier molecular flexibility index (Phi) is 3.99. The molecule has 16 heavy (non-hydrogen) atoms. The Balaban J connectivity index is 1.73. The summed E-state index contributed by atoms with van der Waals surface area (Å²) in [7, 11) is 2.05. The van der Waals surface area contributed by atoms with Gasteiger partial charge >= 0.3 is 0 Å². The van der Waals surface area contributed by atoms with E-state index in [2.05, 4.69) is 21.8 Å². The number of hydrogen-bond acceptors (Lipinski definition) is 2. The minimum Gasteiger partial charge on any atom is -0.337 e. The van der Waals surface area contributed by atoms with Crippen LogP contribution in [0.5, 0.6) is 0 Å². The fourth-order valence-electron chi connectivity index (χ4n) is 2.63. The second kappa shape index (κ2) is 5.48. The van der Waals surface area contributed by atoms with Crippen LogP contribution in [0.25, 0.3) is 0 Å². The van der Waals surface area contributed by atoms with Gasteiger partial charge in [0.2, 0.25) is 0 Å². The average Bonchev–Trinajstić information content (AvgIpc) is 2.67. The molecule has 1 fully saturated rings. The molecule has 2 atom stereocenters. The quantitative estimate of drug-likeness (QED) is 0.845. The number of aryl methyl sites for hydroxylation is 1. The smallest absolute Gasteiger partial charge is 0.122 e. The van der Waals surface area contributed by atoms with Crippen LogP contribution in [0.15, 0.2) is 12.4 Å². The van der Waals surface area contributed by atoms with Crippen LogP contribution in [0, 0.1) is 11.8 Å². The second-order valence-corrected chi connectivity index (χ2v) is 5.11. The maximum atomic E-state index is 4.32. The molecule has 0 aromatic carbocycles. The van der Waals surface area contributed by atoms with Crippen LogP contribution in [0.3, 0.4) is 0 Å². The van der Waals surface area contributed by atoms with Gasteiger partial charge in [-0.3, -0.25) is 0 Å². The first-order valence-electron chi connectivity index (χ1n) is 6.44. The van der Waals surface area contributed by atoms with Gasteiger partial charge in [0.25, 0.3) is 0 Å². The van der Waals surface area contributed by atoms with Crippen molar-refractivity contribution in [2.75, 3.05) is 6.54 Å². The van der Waals surface area contributed by atoms with Crippen molar-refractivity contribution in [1.29, 1.82) is 0 Å². The summed E-state index contributed by atoms with van der Waals surface area (Å²) < 4.78 is 2.08. The molecule has 3 heteroatoms. The lowest BCUT2D eigenvalue weighted by atomic mass is 9.80. The number of nitrogens with one attached hydrogen (secondary N) is 1.